The van der Waals surface area contributed by atoms with Gasteiger partial charge in [-0.2, -0.15) is 0 Å². The van der Waals surface area contributed by atoms with Crippen molar-refractivity contribution in [3.05, 3.63) is 80.9 Å². The first-order chi connectivity index (χ1) is 15.7. The molecule has 2 N–H and O–H groups in total. The van der Waals surface area contributed by atoms with Crippen LogP contribution >= 0.6 is 39.0 Å². The summed E-state index contributed by atoms with van der Waals surface area (Å²) in [7, 11) is 0. The van der Waals surface area contributed by atoms with Gasteiger partial charge in [0.15, 0.2) is 0 Å². The fraction of sp³-hybridized carbons (Fsp3) is 0.280. The van der Waals surface area contributed by atoms with Crippen LogP contribution in [0.2, 0.25) is 0 Å². The molecule has 32 heavy (non-hydrogen) atoms. The molecule has 0 spiro atoms. The normalized spacial score (nSPS) is 14.3. The van der Waals surface area contributed by atoms with Gasteiger partial charge in [-0.15, -0.1) is 23.1 Å². The standard InChI is InChI=1S/C25H24BrN3OS2/c26-17-10-12-18(13-11-17)31-15-22-28-24(27-14-20(30)16-6-2-1-3-7-16)23-19-8-4-5-9-21(19)32-25(23)29-22/h1-3,6-7,10-13,20,30H,4-5,8-9,14-15H2,(H,27,28,29)/t20-/m0/s1. The van der Waals surface area contributed by atoms with Gasteiger partial charge in [-0.3, -0.25) is 0 Å². The van der Waals surface area contributed by atoms with Crippen molar-refractivity contribution in [2.75, 3.05) is 11.9 Å². The van der Waals surface area contributed by atoms with Gasteiger partial charge >= 0.3 is 0 Å². The molecule has 0 saturated carbocycles. The van der Waals surface area contributed by atoms with Gasteiger partial charge < -0.3 is 10.4 Å². The number of anilines is 1. The molecule has 7 heteroatoms. The monoisotopic (exact) mass is 525 g/mol. The highest BCUT2D eigenvalue weighted by atomic mass is 79.9. The third-order valence-corrected chi connectivity index (χ3v) is 8.41. The predicted octanol–water partition coefficient (Wildman–Crippen LogP) is 6.77. The van der Waals surface area contributed by atoms with Crippen LogP contribution in [0.15, 0.2) is 64.0 Å². The summed E-state index contributed by atoms with van der Waals surface area (Å²) < 4.78 is 1.08. The van der Waals surface area contributed by atoms with E-state index in [1.54, 1.807) is 11.8 Å². The number of hydrogen-bond donors (Lipinski definition) is 2. The molecule has 2 aromatic heterocycles. The van der Waals surface area contributed by atoms with Crippen LogP contribution in [0.3, 0.4) is 0 Å². The van der Waals surface area contributed by atoms with Crippen molar-refractivity contribution in [1.82, 2.24) is 9.97 Å². The summed E-state index contributed by atoms with van der Waals surface area (Å²) >= 11 is 7.04. The van der Waals surface area contributed by atoms with Crippen molar-refractivity contribution in [1.29, 1.82) is 0 Å². The van der Waals surface area contributed by atoms with E-state index in [1.807, 2.05) is 41.7 Å². The van der Waals surface area contributed by atoms with Crippen molar-refractivity contribution in [2.24, 2.45) is 0 Å². The largest absolute Gasteiger partial charge is 0.387 e. The number of aliphatic hydroxyl groups is 1. The average Bonchev–Trinajstić information content (AvgIpc) is 3.21. The van der Waals surface area contributed by atoms with Crippen LogP contribution in [0, 0.1) is 0 Å². The van der Waals surface area contributed by atoms with Gasteiger partial charge in [-0.05, 0) is 61.1 Å². The molecule has 4 nitrogen and oxygen atoms in total. The Morgan fingerprint density at radius 1 is 1.03 bits per heavy atom. The van der Waals surface area contributed by atoms with E-state index in [-0.39, 0.29) is 0 Å². The first kappa shape index (κ1) is 21.9. The Morgan fingerprint density at radius 3 is 2.62 bits per heavy atom. The van der Waals surface area contributed by atoms with Crippen LogP contribution in [0.4, 0.5) is 5.82 Å². The molecule has 0 saturated heterocycles. The lowest BCUT2D eigenvalue weighted by molar-refractivity contribution is 0.191. The summed E-state index contributed by atoms with van der Waals surface area (Å²) in [4.78, 5) is 13.6. The SMILES string of the molecule is O[C@@H](CNc1nc(CSc2ccc(Br)cc2)nc2sc3c(c12)CCCC3)c1ccccc1. The lowest BCUT2D eigenvalue weighted by Crippen LogP contribution is -2.14. The molecule has 0 bridgehead atoms. The smallest absolute Gasteiger partial charge is 0.142 e. The van der Waals surface area contributed by atoms with Gasteiger partial charge in [-0.1, -0.05) is 46.3 Å². The molecule has 1 aliphatic carbocycles. The van der Waals surface area contributed by atoms with Gasteiger partial charge in [0.2, 0.25) is 0 Å². The van der Waals surface area contributed by atoms with Gasteiger partial charge in [0.1, 0.15) is 16.5 Å². The molecule has 1 aliphatic rings. The highest BCUT2D eigenvalue weighted by Gasteiger charge is 2.21. The number of aryl methyl sites for hydroxylation is 2. The molecule has 0 fully saturated rings. The zero-order chi connectivity index (χ0) is 21.9. The third-order valence-electron chi connectivity index (χ3n) is 5.69. The van der Waals surface area contributed by atoms with Crippen molar-refractivity contribution in [3.8, 4) is 0 Å². The van der Waals surface area contributed by atoms with E-state index in [0.29, 0.717) is 12.3 Å². The predicted molar refractivity (Wildman–Crippen MR) is 138 cm³/mol. The summed E-state index contributed by atoms with van der Waals surface area (Å²) in [6.45, 7) is 0.417. The summed E-state index contributed by atoms with van der Waals surface area (Å²) in [5.41, 5.74) is 2.31. The number of hydrogen-bond acceptors (Lipinski definition) is 6. The maximum atomic E-state index is 10.7. The zero-order valence-corrected chi connectivity index (χ0v) is 20.8. The van der Waals surface area contributed by atoms with Crippen molar-refractivity contribution in [3.63, 3.8) is 0 Å². The van der Waals surface area contributed by atoms with E-state index < -0.39 is 6.10 Å². The van der Waals surface area contributed by atoms with Crippen molar-refractivity contribution in [2.45, 2.75) is 42.4 Å². The molecule has 0 radical (unpaired) electrons. The lowest BCUT2D eigenvalue weighted by atomic mass is 9.97. The first-order valence-electron chi connectivity index (χ1n) is 10.8. The second-order valence-corrected chi connectivity index (χ2v) is 11.0. The molecular formula is C25H24BrN3OS2. The highest BCUT2D eigenvalue weighted by Crippen LogP contribution is 2.39. The minimum atomic E-state index is -0.587. The number of nitrogens with one attached hydrogen (secondary N) is 1. The summed E-state index contributed by atoms with van der Waals surface area (Å²) in [5.74, 6) is 2.38. The number of nitrogens with zero attached hydrogens (tertiary/aromatic N) is 2. The summed E-state index contributed by atoms with van der Waals surface area (Å²) in [6, 6.07) is 18.1. The second kappa shape index (κ2) is 9.91. The Morgan fingerprint density at radius 2 is 1.81 bits per heavy atom. The molecule has 4 aromatic rings. The van der Waals surface area contributed by atoms with E-state index in [1.165, 1.54) is 28.2 Å². The Bertz CT molecular complexity index is 1210. The van der Waals surface area contributed by atoms with Gasteiger partial charge in [0, 0.05) is 20.8 Å². The van der Waals surface area contributed by atoms with Crippen LogP contribution in [-0.2, 0) is 18.6 Å². The Kier molecular flexibility index (Phi) is 6.78. The van der Waals surface area contributed by atoms with E-state index >= 15 is 0 Å². The lowest BCUT2D eigenvalue weighted by Gasteiger charge is -2.16. The number of aromatic nitrogens is 2. The second-order valence-electron chi connectivity index (χ2n) is 7.93. The maximum Gasteiger partial charge on any atom is 0.142 e. The minimum absolute atomic E-state index is 0.417. The molecule has 5 rings (SSSR count). The van der Waals surface area contributed by atoms with Crippen molar-refractivity contribution < 1.29 is 5.11 Å². The van der Waals surface area contributed by atoms with E-state index in [2.05, 4.69) is 45.5 Å². The number of thioether (sulfide) groups is 1. The quantitative estimate of drug-likeness (QED) is 0.260. The third kappa shape index (κ3) is 4.86. The fourth-order valence-electron chi connectivity index (χ4n) is 4.06. The number of rotatable bonds is 7. The topological polar surface area (TPSA) is 58.0 Å². The molecule has 2 aromatic carbocycles. The van der Waals surface area contributed by atoms with Gasteiger partial charge in [0.25, 0.3) is 0 Å². The molecular weight excluding hydrogens is 502 g/mol. The summed E-state index contributed by atoms with van der Waals surface area (Å²) in [5, 5.41) is 15.3. The van der Waals surface area contributed by atoms with Crippen molar-refractivity contribution >= 4 is 55.1 Å². The number of aliphatic hydroxyl groups excluding tert-OH is 1. The van der Waals surface area contributed by atoms with E-state index in [0.717, 1.165) is 44.7 Å². The highest BCUT2D eigenvalue weighted by molar-refractivity contribution is 9.10. The van der Waals surface area contributed by atoms with Crippen LogP contribution < -0.4 is 5.32 Å². The fourth-order valence-corrected chi connectivity index (χ4v) is 6.36. The number of thiophene rings is 1. The molecule has 164 valence electrons. The first-order valence-corrected chi connectivity index (χ1v) is 13.4. The number of halogens is 1. The average molecular weight is 527 g/mol. The molecule has 0 amide bonds. The Labute approximate surface area is 204 Å². The maximum absolute atomic E-state index is 10.7. The van der Waals surface area contributed by atoms with Crippen LogP contribution in [0.25, 0.3) is 10.2 Å². The summed E-state index contributed by atoms with van der Waals surface area (Å²) in [6.07, 6.45) is 4.09. The minimum Gasteiger partial charge on any atom is -0.387 e. The Balaban J connectivity index is 1.43. The van der Waals surface area contributed by atoms with Gasteiger partial charge in [0.05, 0.1) is 17.2 Å². The van der Waals surface area contributed by atoms with Crippen LogP contribution in [0.1, 0.15) is 40.8 Å². The molecule has 2 heterocycles. The molecule has 1 atom stereocenters. The van der Waals surface area contributed by atoms with Crippen LogP contribution in [-0.4, -0.2) is 21.6 Å². The number of fused-ring (bicyclic) bond motifs is 3. The number of benzene rings is 2. The van der Waals surface area contributed by atoms with E-state index in [4.69, 9.17) is 9.97 Å². The van der Waals surface area contributed by atoms with E-state index in [9.17, 15) is 5.11 Å². The molecule has 0 unspecified atom stereocenters. The molecule has 0 aliphatic heterocycles. The Hall–Kier alpha value is -1.93. The van der Waals surface area contributed by atoms with Crippen LogP contribution in [0.5, 0.6) is 0 Å². The van der Waals surface area contributed by atoms with Gasteiger partial charge in [-0.25, -0.2) is 9.97 Å². The zero-order valence-electron chi connectivity index (χ0n) is 17.6.